The van der Waals surface area contributed by atoms with E-state index in [2.05, 4.69) is 15.2 Å². The Hall–Kier alpha value is -2.45. The maximum atomic E-state index is 13.5. The van der Waals surface area contributed by atoms with Crippen LogP contribution in [-0.2, 0) is 20.7 Å². The molecule has 0 aliphatic carbocycles. The molecule has 8 heteroatoms. The lowest BCUT2D eigenvalue weighted by Gasteiger charge is -2.26. The summed E-state index contributed by atoms with van der Waals surface area (Å²) in [5, 5.41) is 3.81. The number of hydrogen-bond acceptors (Lipinski definition) is 4. The number of carbonyl (C=O) groups is 2. The van der Waals surface area contributed by atoms with Crippen molar-refractivity contribution >= 4 is 22.7 Å². The van der Waals surface area contributed by atoms with E-state index in [1.807, 2.05) is 6.20 Å². The van der Waals surface area contributed by atoms with Gasteiger partial charge in [0.2, 0.25) is 11.8 Å². The first-order valence-electron chi connectivity index (χ1n) is 10.2. The quantitative estimate of drug-likeness (QED) is 0.728. The molecule has 2 aliphatic rings. The van der Waals surface area contributed by atoms with Crippen LogP contribution < -0.4 is 5.32 Å². The SMILES string of the molecule is O=C(NCCN1CCOCC1)[C@H]1CC(=O)N(CCc2c[nH]c3ccc(F)cc23)C1. The van der Waals surface area contributed by atoms with E-state index in [4.69, 9.17) is 4.74 Å². The smallest absolute Gasteiger partial charge is 0.225 e. The number of likely N-dealkylation sites (tertiary alicyclic amines) is 1. The van der Waals surface area contributed by atoms with Gasteiger partial charge in [-0.1, -0.05) is 0 Å². The lowest BCUT2D eigenvalue weighted by atomic mass is 10.1. The van der Waals surface area contributed by atoms with E-state index >= 15 is 0 Å². The van der Waals surface area contributed by atoms with Crippen LogP contribution >= 0.6 is 0 Å². The van der Waals surface area contributed by atoms with Crippen LogP contribution in [0.25, 0.3) is 10.9 Å². The predicted molar refractivity (Wildman–Crippen MR) is 107 cm³/mol. The molecule has 2 N–H and O–H groups in total. The van der Waals surface area contributed by atoms with Crippen molar-refractivity contribution in [3.05, 3.63) is 35.8 Å². The van der Waals surface area contributed by atoms with E-state index < -0.39 is 0 Å². The number of H-pyrrole nitrogens is 1. The van der Waals surface area contributed by atoms with Gasteiger partial charge in [-0.05, 0) is 30.2 Å². The molecule has 2 aliphatic heterocycles. The zero-order chi connectivity index (χ0) is 20.2. The van der Waals surface area contributed by atoms with Crippen molar-refractivity contribution < 1.29 is 18.7 Å². The number of halogens is 1. The fraction of sp³-hybridized carbons (Fsp3) is 0.524. The second-order valence-corrected chi connectivity index (χ2v) is 7.74. The van der Waals surface area contributed by atoms with Gasteiger partial charge in [0, 0.05) is 62.8 Å². The molecule has 0 bridgehead atoms. The second kappa shape index (κ2) is 8.92. The van der Waals surface area contributed by atoms with Crippen molar-refractivity contribution in [2.24, 2.45) is 5.92 Å². The number of aromatic nitrogens is 1. The third kappa shape index (κ3) is 4.76. The van der Waals surface area contributed by atoms with Crippen LogP contribution in [0, 0.1) is 11.7 Å². The Kier molecular flexibility index (Phi) is 6.10. The molecule has 0 unspecified atom stereocenters. The van der Waals surface area contributed by atoms with Gasteiger partial charge in [0.25, 0.3) is 0 Å². The van der Waals surface area contributed by atoms with E-state index in [-0.39, 0.29) is 30.0 Å². The van der Waals surface area contributed by atoms with Gasteiger partial charge < -0.3 is 19.9 Å². The average Bonchev–Trinajstić information content (AvgIpc) is 3.30. The average molecular weight is 402 g/mol. The molecule has 2 fully saturated rings. The summed E-state index contributed by atoms with van der Waals surface area (Å²) in [6.45, 7) is 5.62. The Bertz CT molecular complexity index is 878. The summed E-state index contributed by atoms with van der Waals surface area (Å²) in [6, 6.07) is 4.65. The van der Waals surface area contributed by atoms with Crippen LogP contribution in [0.5, 0.6) is 0 Å². The molecule has 0 radical (unpaired) electrons. The minimum Gasteiger partial charge on any atom is -0.379 e. The van der Waals surface area contributed by atoms with Gasteiger partial charge in [-0.2, -0.15) is 0 Å². The number of hydrogen-bond donors (Lipinski definition) is 2. The van der Waals surface area contributed by atoms with E-state index in [0.717, 1.165) is 49.3 Å². The molecule has 0 spiro atoms. The van der Waals surface area contributed by atoms with Crippen molar-refractivity contribution in [1.82, 2.24) is 20.1 Å². The highest BCUT2D eigenvalue weighted by Gasteiger charge is 2.34. The third-order valence-electron chi connectivity index (χ3n) is 5.80. The van der Waals surface area contributed by atoms with Gasteiger partial charge in [-0.15, -0.1) is 0 Å². The zero-order valence-electron chi connectivity index (χ0n) is 16.5. The number of fused-ring (bicyclic) bond motifs is 1. The fourth-order valence-electron chi connectivity index (χ4n) is 4.08. The molecule has 3 heterocycles. The maximum Gasteiger partial charge on any atom is 0.225 e. The lowest BCUT2D eigenvalue weighted by Crippen LogP contribution is -2.42. The number of aromatic amines is 1. The molecule has 156 valence electrons. The number of nitrogens with zero attached hydrogens (tertiary/aromatic N) is 2. The van der Waals surface area contributed by atoms with Crippen LogP contribution in [0.1, 0.15) is 12.0 Å². The summed E-state index contributed by atoms with van der Waals surface area (Å²) >= 11 is 0. The topological polar surface area (TPSA) is 77.7 Å². The first-order valence-corrected chi connectivity index (χ1v) is 10.2. The van der Waals surface area contributed by atoms with Crippen molar-refractivity contribution in [2.75, 3.05) is 52.5 Å². The molecule has 2 aromatic rings. The monoisotopic (exact) mass is 402 g/mol. The van der Waals surface area contributed by atoms with Gasteiger partial charge in [0.1, 0.15) is 5.82 Å². The zero-order valence-corrected chi connectivity index (χ0v) is 16.5. The highest BCUT2D eigenvalue weighted by molar-refractivity contribution is 5.89. The molecule has 1 atom stereocenters. The van der Waals surface area contributed by atoms with Gasteiger partial charge in [0.15, 0.2) is 0 Å². The lowest BCUT2D eigenvalue weighted by molar-refractivity contribution is -0.129. The number of carbonyl (C=O) groups excluding carboxylic acids is 2. The largest absolute Gasteiger partial charge is 0.379 e. The van der Waals surface area contributed by atoms with Crippen molar-refractivity contribution in [1.29, 1.82) is 0 Å². The van der Waals surface area contributed by atoms with Crippen LogP contribution in [0.4, 0.5) is 4.39 Å². The van der Waals surface area contributed by atoms with Crippen molar-refractivity contribution in [3.63, 3.8) is 0 Å². The molecule has 4 rings (SSSR count). The Balaban J connectivity index is 1.25. The molecule has 29 heavy (non-hydrogen) atoms. The van der Waals surface area contributed by atoms with E-state index in [1.54, 1.807) is 11.0 Å². The first-order chi connectivity index (χ1) is 14.1. The van der Waals surface area contributed by atoms with Gasteiger partial charge in [0.05, 0.1) is 19.1 Å². The highest BCUT2D eigenvalue weighted by atomic mass is 19.1. The van der Waals surface area contributed by atoms with Crippen LogP contribution in [-0.4, -0.2) is 79.1 Å². The van der Waals surface area contributed by atoms with Crippen molar-refractivity contribution in [3.8, 4) is 0 Å². The van der Waals surface area contributed by atoms with Crippen LogP contribution in [0.15, 0.2) is 24.4 Å². The fourth-order valence-corrected chi connectivity index (χ4v) is 4.08. The first kappa shape index (κ1) is 19.8. The number of rotatable bonds is 7. The number of nitrogens with one attached hydrogen (secondary N) is 2. The normalized spacial score (nSPS) is 20.5. The highest BCUT2D eigenvalue weighted by Crippen LogP contribution is 2.22. The van der Waals surface area contributed by atoms with Crippen LogP contribution in [0.2, 0.25) is 0 Å². The number of amides is 2. The Morgan fingerprint density at radius 2 is 2.10 bits per heavy atom. The molecule has 0 saturated carbocycles. The molecule has 1 aromatic carbocycles. The number of benzene rings is 1. The van der Waals surface area contributed by atoms with Gasteiger partial charge in [-0.3, -0.25) is 14.5 Å². The molecule has 2 amide bonds. The Labute approximate surface area is 169 Å². The van der Waals surface area contributed by atoms with E-state index in [1.165, 1.54) is 12.1 Å². The predicted octanol–water partition coefficient (Wildman–Crippen LogP) is 1.15. The molecular formula is C21H27FN4O3. The van der Waals surface area contributed by atoms with Gasteiger partial charge >= 0.3 is 0 Å². The standard InChI is InChI=1S/C21H27FN4O3/c22-17-1-2-19-18(12-17)15(13-24-19)3-5-26-14-16(11-20(26)27)21(28)23-4-6-25-7-9-29-10-8-25/h1-2,12-13,16,24H,3-11,14H2,(H,23,28)/t16-/m0/s1. The number of morpholine rings is 1. The molecule has 7 nitrogen and oxygen atoms in total. The molecule has 2 saturated heterocycles. The minimum absolute atomic E-state index is 0.00403. The summed E-state index contributed by atoms with van der Waals surface area (Å²) in [5.74, 6) is -0.621. The Morgan fingerprint density at radius 3 is 2.93 bits per heavy atom. The third-order valence-corrected chi connectivity index (χ3v) is 5.80. The number of ether oxygens (including phenoxy) is 1. The van der Waals surface area contributed by atoms with E-state index in [9.17, 15) is 14.0 Å². The summed E-state index contributed by atoms with van der Waals surface area (Å²) in [4.78, 5) is 31.9. The van der Waals surface area contributed by atoms with Crippen molar-refractivity contribution in [2.45, 2.75) is 12.8 Å². The summed E-state index contributed by atoms with van der Waals surface area (Å²) in [5.41, 5.74) is 1.86. The van der Waals surface area contributed by atoms with Crippen LogP contribution in [0.3, 0.4) is 0 Å². The molecule has 1 aromatic heterocycles. The minimum atomic E-state index is -0.299. The maximum absolute atomic E-state index is 13.5. The Morgan fingerprint density at radius 1 is 1.28 bits per heavy atom. The summed E-state index contributed by atoms with van der Waals surface area (Å²) in [7, 11) is 0. The van der Waals surface area contributed by atoms with E-state index in [0.29, 0.717) is 26.1 Å². The second-order valence-electron chi connectivity index (χ2n) is 7.74. The summed E-state index contributed by atoms with van der Waals surface area (Å²) in [6.07, 6.45) is 2.74. The summed E-state index contributed by atoms with van der Waals surface area (Å²) < 4.78 is 18.8. The molecular weight excluding hydrogens is 375 g/mol. The van der Waals surface area contributed by atoms with Gasteiger partial charge in [-0.25, -0.2) is 4.39 Å².